The summed E-state index contributed by atoms with van der Waals surface area (Å²) in [5, 5.41) is 9.37. The van der Waals surface area contributed by atoms with Crippen LogP contribution >= 0.6 is 0 Å². The van der Waals surface area contributed by atoms with Crippen molar-refractivity contribution in [3.05, 3.63) is 0 Å². The molecule has 0 aromatic rings. The monoisotopic (exact) mass is 157 g/mol. The van der Waals surface area contributed by atoms with Crippen LogP contribution in [0, 0.1) is 0 Å². The first-order chi connectivity index (χ1) is 5.16. The van der Waals surface area contributed by atoms with E-state index >= 15 is 0 Å². The fraction of sp³-hybridized carbons (Fsp3) is 0.875. The summed E-state index contributed by atoms with van der Waals surface area (Å²) >= 11 is 0. The van der Waals surface area contributed by atoms with Crippen molar-refractivity contribution in [3.63, 3.8) is 0 Å². The van der Waals surface area contributed by atoms with Crippen LogP contribution in [0.5, 0.6) is 0 Å². The Bertz CT molecular complexity index is 158. The van der Waals surface area contributed by atoms with Gasteiger partial charge in [0.2, 0.25) is 5.91 Å². The molecule has 11 heavy (non-hydrogen) atoms. The Morgan fingerprint density at radius 3 is 2.82 bits per heavy atom. The minimum atomic E-state index is -0.530. The molecule has 0 aliphatic carbocycles. The molecule has 1 amide bonds. The molecule has 0 bridgehead atoms. The van der Waals surface area contributed by atoms with Gasteiger partial charge in [-0.05, 0) is 13.3 Å². The molecular formula is C8H15NO2. The van der Waals surface area contributed by atoms with Crippen LogP contribution in [0.2, 0.25) is 0 Å². The van der Waals surface area contributed by atoms with Crippen LogP contribution in [0.25, 0.3) is 0 Å². The maximum absolute atomic E-state index is 11.2. The highest BCUT2D eigenvalue weighted by Gasteiger charge is 2.31. The Labute approximate surface area is 67.0 Å². The molecule has 1 N–H and O–H groups in total. The van der Waals surface area contributed by atoms with Gasteiger partial charge in [0.25, 0.3) is 0 Å². The van der Waals surface area contributed by atoms with E-state index in [1.165, 1.54) is 0 Å². The van der Waals surface area contributed by atoms with Gasteiger partial charge in [0, 0.05) is 18.9 Å². The standard InChI is InChI=1S/C8H15NO2/c1-3-6(2)9-7(10)4-5-8(9)11/h6-7,10H,3-5H2,1-2H3/t6-,7+/m0/s1. The van der Waals surface area contributed by atoms with Crippen LogP contribution in [0.1, 0.15) is 33.1 Å². The van der Waals surface area contributed by atoms with Gasteiger partial charge >= 0.3 is 0 Å². The van der Waals surface area contributed by atoms with Crippen LogP contribution in [-0.2, 0) is 4.79 Å². The van der Waals surface area contributed by atoms with Crippen molar-refractivity contribution in [1.29, 1.82) is 0 Å². The number of likely N-dealkylation sites (tertiary alicyclic amines) is 1. The van der Waals surface area contributed by atoms with Crippen molar-refractivity contribution < 1.29 is 9.90 Å². The van der Waals surface area contributed by atoms with Gasteiger partial charge in [-0.2, -0.15) is 0 Å². The summed E-state index contributed by atoms with van der Waals surface area (Å²) in [6.45, 7) is 3.98. The predicted octanol–water partition coefficient (Wildman–Crippen LogP) is 0.726. The lowest BCUT2D eigenvalue weighted by atomic mass is 10.2. The predicted molar refractivity (Wildman–Crippen MR) is 41.8 cm³/mol. The lowest BCUT2D eigenvalue weighted by Crippen LogP contribution is -2.39. The first-order valence-corrected chi connectivity index (χ1v) is 4.16. The van der Waals surface area contributed by atoms with Gasteiger partial charge in [-0.1, -0.05) is 6.92 Å². The topological polar surface area (TPSA) is 40.5 Å². The highest BCUT2D eigenvalue weighted by Crippen LogP contribution is 2.20. The molecule has 3 nitrogen and oxygen atoms in total. The molecule has 0 aromatic heterocycles. The van der Waals surface area contributed by atoms with Crippen LogP contribution in [0.3, 0.4) is 0 Å². The molecule has 0 saturated carbocycles. The van der Waals surface area contributed by atoms with Crippen molar-refractivity contribution in [2.24, 2.45) is 0 Å². The molecule has 3 heteroatoms. The van der Waals surface area contributed by atoms with E-state index in [-0.39, 0.29) is 11.9 Å². The van der Waals surface area contributed by atoms with E-state index < -0.39 is 6.23 Å². The van der Waals surface area contributed by atoms with E-state index in [0.717, 1.165) is 6.42 Å². The van der Waals surface area contributed by atoms with E-state index in [1.54, 1.807) is 4.90 Å². The first-order valence-electron chi connectivity index (χ1n) is 4.16. The fourth-order valence-corrected chi connectivity index (χ4v) is 1.42. The number of nitrogens with zero attached hydrogens (tertiary/aromatic N) is 1. The number of aliphatic hydroxyl groups excluding tert-OH is 1. The minimum Gasteiger partial charge on any atom is -0.374 e. The molecule has 64 valence electrons. The molecule has 0 radical (unpaired) electrons. The van der Waals surface area contributed by atoms with Crippen molar-refractivity contribution >= 4 is 5.91 Å². The van der Waals surface area contributed by atoms with Gasteiger partial charge in [0.1, 0.15) is 6.23 Å². The highest BCUT2D eigenvalue weighted by atomic mass is 16.3. The molecule has 1 aliphatic heterocycles. The Kier molecular flexibility index (Phi) is 2.49. The molecule has 1 rings (SSSR count). The zero-order valence-electron chi connectivity index (χ0n) is 7.08. The van der Waals surface area contributed by atoms with Gasteiger partial charge in [-0.25, -0.2) is 0 Å². The Morgan fingerprint density at radius 1 is 1.82 bits per heavy atom. The third-order valence-corrected chi connectivity index (χ3v) is 2.29. The van der Waals surface area contributed by atoms with Crippen LogP contribution in [0.15, 0.2) is 0 Å². The van der Waals surface area contributed by atoms with Crippen molar-refractivity contribution in [2.45, 2.75) is 45.4 Å². The zero-order chi connectivity index (χ0) is 8.43. The van der Waals surface area contributed by atoms with Crippen LogP contribution in [0.4, 0.5) is 0 Å². The van der Waals surface area contributed by atoms with Gasteiger partial charge < -0.3 is 10.0 Å². The Hall–Kier alpha value is -0.570. The van der Waals surface area contributed by atoms with Gasteiger partial charge in [0.15, 0.2) is 0 Å². The van der Waals surface area contributed by atoms with E-state index in [1.807, 2.05) is 13.8 Å². The smallest absolute Gasteiger partial charge is 0.225 e. The summed E-state index contributed by atoms with van der Waals surface area (Å²) in [6, 6.07) is 0.181. The summed E-state index contributed by atoms with van der Waals surface area (Å²) < 4.78 is 0. The second-order valence-electron chi connectivity index (χ2n) is 3.08. The Morgan fingerprint density at radius 2 is 2.45 bits per heavy atom. The minimum absolute atomic E-state index is 0.0897. The number of hydrogen-bond donors (Lipinski definition) is 1. The van der Waals surface area contributed by atoms with E-state index in [0.29, 0.717) is 12.8 Å². The van der Waals surface area contributed by atoms with Crippen molar-refractivity contribution in [3.8, 4) is 0 Å². The second-order valence-corrected chi connectivity index (χ2v) is 3.08. The van der Waals surface area contributed by atoms with Crippen molar-refractivity contribution in [2.75, 3.05) is 0 Å². The quantitative estimate of drug-likeness (QED) is 0.641. The molecule has 0 spiro atoms. The molecule has 0 unspecified atom stereocenters. The largest absolute Gasteiger partial charge is 0.374 e. The third-order valence-electron chi connectivity index (χ3n) is 2.29. The molecule has 2 atom stereocenters. The Balaban J connectivity index is 2.60. The van der Waals surface area contributed by atoms with Crippen LogP contribution in [-0.4, -0.2) is 28.2 Å². The van der Waals surface area contributed by atoms with Crippen LogP contribution < -0.4 is 0 Å². The maximum atomic E-state index is 11.2. The molecule has 1 aliphatic rings. The summed E-state index contributed by atoms with van der Waals surface area (Å²) in [6.07, 6.45) is 1.48. The highest BCUT2D eigenvalue weighted by molar-refractivity contribution is 5.78. The SMILES string of the molecule is CC[C@H](C)N1C(=O)CC[C@H]1O. The molecule has 1 saturated heterocycles. The van der Waals surface area contributed by atoms with E-state index in [4.69, 9.17) is 0 Å². The molecular weight excluding hydrogens is 142 g/mol. The van der Waals surface area contributed by atoms with Gasteiger partial charge in [-0.3, -0.25) is 4.79 Å². The average Bonchev–Trinajstić information content (AvgIpc) is 2.30. The maximum Gasteiger partial charge on any atom is 0.225 e. The van der Waals surface area contributed by atoms with Gasteiger partial charge in [-0.15, -0.1) is 0 Å². The average molecular weight is 157 g/mol. The number of amides is 1. The lowest BCUT2D eigenvalue weighted by Gasteiger charge is -2.26. The first kappa shape index (κ1) is 8.53. The lowest BCUT2D eigenvalue weighted by molar-refractivity contribution is -0.136. The molecule has 1 fully saturated rings. The van der Waals surface area contributed by atoms with E-state index in [2.05, 4.69) is 0 Å². The van der Waals surface area contributed by atoms with Gasteiger partial charge in [0.05, 0.1) is 0 Å². The summed E-state index contributed by atoms with van der Waals surface area (Å²) in [5.41, 5.74) is 0. The number of aliphatic hydroxyl groups is 1. The number of carbonyl (C=O) groups excluding carboxylic acids is 1. The van der Waals surface area contributed by atoms with Crippen molar-refractivity contribution in [1.82, 2.24) is 4.90 Å². The summed E-state index contributed by atoms with van der Waals surface area (Å²) in [4.78, 5) is 12.7. The number of carbonyl (C=O) groups is 1. The third kappa shape index (κ3) is 1.53. The molecule has 0 aromatic carbocycles. The number of hydrogen-bond acceptors (Lipinski definition) is 2. The summed E-state index contributed by atoms with van der Waals surface area (Å²) in [5.74, 6) is 0.0897. The summed E-state index contributed by atoms with van der Waals surface area (Å²) in [7, 11) is 0. The molecule has 1 heterocycles. The number of rotatable bonds is 2. The van der Waals surface area contributed by atoms with E-state index in [9.17, 15) is 9.90 Å². The second kappa shape index (κ2) is 3.22. The fourth-order valence-electron chi connectivity index (χ4n) is 1.42. The zero-order valence-corrected chi connectivity index (χ0v) is 7.08. The normalized spacial score (nSPS) is 27.7.